The minimum Gasteiger partial charge on any atom is -0.497 e. The lowest BCUT2D eigenvalue weighted by Gasteiger charge is -2.11. The van der Waals surface area contributed by atoms with Crippen LogP contribution >= 0.6 is 11.8 Å². The van der Waals surface area contributed by atoms with Gasteiger partial charge in [-0.05, 0) is 35.4 Å². The van der Waals surface area contributed by atoms with Crippen LogP contribution < -0.4 is 15.4 Å². The summed E-state index contributed by atoms with van der Waals surface area (Å²) in [6.07, 6.45) is 0. The van der Waals surface area contributed by atoms with E-state index in [-0.39, 0.29) is 11.7 Å². The molecule has 1 amide bonds. The molecule has 7 heteroatoms. The van der Waals surface area contributed by atoms with Gasteiger partial charge in [-0.2, -0.15) is 0 Å². The Morgan fingerprint density at radius 2 is 1.59 bits per heavy atom. The summed E-state index contributed by atoms with van der Waals surface area (Å²) in [7, 11) is 1.65. The van der Waals surface area contributed by atoms with Crippen LogP contribution in [0.3, 0.4) is 0 Å². The molecule has 0 aliphatic heterocycles. The number of hydrogen-bond donors (Lipinski definition) is 2. The van der Waals surface area contributed by atoms with Gasteiger partial charge in [-0.3, -0.25) is 4.79 Å². The average molecular weight is 445 g/mol. The van der Waals surface area contributed by atoms with Crippen molar-refractivity contribution in [2.45, 2.75) is 18.2 Å². The lowest BCUT2D eigenvalue weighted by molar-refractivity contribution is -0.118. The molecule has 4 rings (SSSR count). The Balaban J connectivity index is 1.42. The predicted octanol–water partition coefficient (Wildman–Crippen LogP) is 4.66. The van der Waals surface area contributed by atoms with Gasteiger partial charge in [-0.25, -0.2) is 9.97 Å². The molecule has 0 fully saturated rings. The predicted molar refractivity (Wildman–Crippen MR) is 129 cm³/mol. The number of aromatic nitrogens is 2. The molecule has 4 aromatic rings. The Kier molecular flexibility index (Phi) is 7.19. The monoisotopic (exact) mass is 444 g/mol. The van der Waals surface area contributed by atoms with Crippen LogP contribution in [0.25, 0.3) is 10.9 Å². The van der Waals surface area contributed by atoms with Crippen molar-refractivity contribution in [1.82, 2.24) is 15.3 Å². The molecule has 162 valence electrons. The first-order valence-electron chi connectivity index (χ1n) is 10.3. The standard InChI is InChI=1S/C25H24N4O2S/c1-31-20-13-11-19(12-14-20)16-27-24-21-9-5-6-10-22(21)28-25(29-24)32-17-23(30)26-15-18-7-3-2-4-8-18/h2-14H,15-17H2,1H3,(H,26,30)(H,27,28,29). The maximum Gasteiger partial charge on any atom is 0.230 e. The Morgan fingerprint density at radius 3 is 2.38 bits per heavy atom. The van der Waals surface area contributed by atoms with Crippen molar-refractivity contribution >= 4 is 34.4 Å². The maximum absolute atomic E-state index is 12.3. The molecule has 1 heterocycles. The van der Waals surface area contributed by atoms with Crippen LogP contribution in [0.2, 0.25) is 0 Å². The van der Waals surface area contributed by atoms with Crippen LogP contribution in [0, 0.1) is 0 Å². The number of rotatable bonds is 9. The second kappa shape index (κ2) is 10.6. The van der Waals surface area contributed by atoms with Crippen LogP contribution in [0.4, 0.5) is 5.82 Å². The highest BCUT2D eigenvalue weighted by Crippen LogP contribution is 2.25. The normalized spacial score (nSPS) is 10.7. The second-order valence-electron chi connectivity index (χ2n) is 7.12. The van der Waals surface area contributed by atoms with Gasteiger partial charge in [0, 0.05) is 18.5 Å². The Bertz CT molecular complexity index is 1180. The van der Waals surface area contributed by atoms with Crippen molar-refractivity contribution in [3.8, 4) is 5.75 Å². The number of fused-ring (bicyclic) bond motifs is 1. The van der Waals surface area contributed by atoms with E-state index in [0.717, 1.165) is 33.6 Å². The minimum atomic E-state index is -0.0525. The van der Waals surface area contributed by atoms with E-state index >= 15 is 0 Å². The topological polar surface area (TPSA) is 76.1 Å². The molecule has 1 aromatic heterocycles. The number of thioether (sulfide) groups is 1. The molecule has 0 bridgehead atoms. The van der Waals surface area contributed by atoms with Crippen LogP contribution in [0.1, 0.15) is 11.1 Å². The van der Waals surface area contributed by atoms with E-state index in [1.807, 2.05) is 78.9 Å². The van der Waals surface area contributed by atoms with E-state index in [4.69, 9.17) is 4.74 Å². The average Bonchev–Trinajstić information content (AvgIpc) is 2.85. The van der Waals surface area contributed by atoms with Crippen molar-refractivity contribution < 1.29 is 9.53 Å². The summed E-state index contributed by atoms with van der Waals surface area (Å²) in [5.74, 6) is 1.77. The summed E-state index contributed by atoms with van der Waals surface area (Å²) in [5.41, 5.74) is 3.02. The van der Waals surface area contributed by atoms with Gasteiger partial charge in [0.25, 0.3) is 0 Å². The molecule has 0 saturated carbocycles. The van der Waals surface area contributed by atoms with Crippen molar-refractivity contribution in [3.63, 3.8) is 0 Å². The van der Waals surface area contributed by atoms with E-state index in [1.165, 1.54) is 11.8 Å². The lowest BCUT2D eigenvalue weighted by atomic mass is 10.2. The van der Waals surface area contributed by atoms with Gasteiger partial charge in [-0.15, -0.1) is 0 Å². The van der Waals surface area contributed by atoms with Gasteiger partial charge < -0.3 is 15.4 Å². The third kappa shape index (κ3) is 5.76. The zero-order valence-electron chi connectivity index (χ0n) is 17.7. The number of anilines is 1. The molecule has 6 nitrogen and oxygen atoms in total. The lowest BCUT2D eigenvalue weighted by Crippen LogP contribution is -2.24. The van der Waals surface area contributed by atoms with E-state index < -0.39 is 0 Å². The molecule has 0 radical (unpaired) electrons. The molecule has 3 aromatic carbocycles. The summed E-state index contributed by atoms with van der Waals surface area (Å²) < 4.78 is 5.22. The highest BCUT2D eigenvalue weighted by molar-refractivity contribution is 7.99. The second-order valence-corrected chi connectivity index (χ2v) is 8.07. The summed E-state index contributed by atoms with van der Waals surface area (Å²) >= 11 is 1.33. The number of benzene rings is 3. The largest absolute Gasteiger partial charge is 0.497 e. The van der Waals surface area contributed by atoms with Gasteiger partial charge in [0.1, 0.15) is 11.6 Å². The third-order valence-electron chi connectivity index (χ3n) is 4.87. The number of para-hydroxylation sites is 1. The van der Waals surface area contributed by atoms with Crippen LogP contribution in [-0.4, -0.2) is 28.7 Å². The molecular weight excluding hydrogens is 420 g/mol. The van der Waals surface area contributed by atoms with E-state index in [0.29, 0.717) is 18.2 Å². The first-order chi connectivity index (χ1) is 15.7. The number of amides is 1. The number of carbonyl (C=O) groups excluding carboxylic acids is 1. The van der Waals surface area contributed by atoms with Gasteiger partial charge >= 0.3 is 0 Å². The van der Waals surface area contributed by atoms with E-state index in [9.17, 15) is 4.79 Å². The fraction of sp³-hybridized carbons (Fsp3) is 0.160. The molecule has 0 aliphatic carbocycles. The SMILES string of the molecule is COc1ccc(CNc2nc(SCC(=O)NCc3ccccc3)nc3ccccc23)cc1. The summed E-state index contributed by atoms with van der Waals surface area (Å²) in [4.78, 5) is 21.6. The summed E-state index contributed by atoms with van der Waals surface area (Å²) in [6.45, 7) is 1.13. The molecule has 0 unspecified atom stereocenters. The van der Waals surface area contributed by atoms with Gasteiger partial charge in [0.2, 0.25) is 5.91 Å². The smallest absolute Gasteiger partial charge is 0.230 e. The summed E-state index contributed by atoms with van der Waals surface area (Å²) in [6, 6.07) is 25.6. The fourth-order valence-corrected chi connectivity index (χ4v) is 3.84. The first-order valence-corrected chi connectivity index (χ1v) is 11.3. The number of nitrogens with zero attached hydrogens (tertiary/aromatic N) is 2. The minimum absolute atomic E-state index is 0.0525. The third-order valence-corrected chi connectivity index (χ3v) is 5.71. The van der Waals surface area contributed by atoms with Gasteiger partial charge in [-0.1, -0.05) is 66.4 Å². The van der Waals surface area contributed by atoms with Crippen molar-refractivity contribution in [3.05, 3.63) is 90.0 Å². The number of nitrogens with one attached hydrogen (secondary N) is 2. The quantitative estimate of drug-likeness (QED) is 0.289. The molecule has 0 aliphatic rings. The van der Waals surface area contributed by atoms with E-state index in [1.54, 1.807) is 7.11 Å². The zero-order valence-corrected chi connectivity index (χ0v) is 18.6. The number of ether oxygens (including phenoxy) is 1. The molecule has 0 saturated heterocycles. The number of hydrogen-bond acceptors (Lipinski definition) is 6. The first kappa shape index (κ1) is 21.6. The van der Waals surface area contributed by atoms with Gasteiger partial charge in [0.15, 0.2) is 5.16 Å². The highest BCUT2D eigenvalue weighted by atomic mass is 32.2. The summed E-state index contributed by atoms with van der Waals surface area (Å²) in [5, 5.41) is 7.86. The van der Waals surface area contributed by atoms with Gasteiger partial charge in [0.05, 0.1) is 18.4 Å². The highest BCUT2D eigenvalue weighted by Gasteiger charge is 2.10. The fourth-order valence-electron chi connectivity index (χ4n) is 3.16. The molecule has 2 N–H and O–H groups in total. The van der Waals surface area contributed by atoms with Crippen LogP contribution in [0.5, 0.6) is 5.75 Å². The molecular formula is C25H24N4O2S. The van der Waals surface area contributed by atoms with E-state index in [2.05, 4.69) is 20.6 Å². The number of carbonyl (C=O) groups is 1. The molecule has 32 heavy (non-hydrogen) atoms. The Hall–Kier alpha value is -3.58. The van der Waals surface area contributed by atoms with Crippen LogP contribution in [-0.2, 0) is 17.9 Å². The van der Waals surface area contributed by atoms with Crippen molar-refractivity contribution in [1.29, 1.82) is 0 Å². The maximum atomic E-state index is 12.3. The van der Waals surface area contributed by atoms with Crippen molar-refractivity contribution in [2.75, 3.05) is 18.2 Å². The molecule has 0 atom stereocenters. The number of methoxy groups -OCH3 is 1. The molecule has 0 spiro atoms. The van der Waals surface area contributed by atoms with Crippen LogP contribution in [0.15, 0.2) is 84.0 Å². The Labute approximate surface area is 191 Å². The van der Waals surface area contributed by atoms with Crippen molar-refractivity contribution in [2.24, 2.45) is 0 Å². The Morgan fingerprint density at radius 1 is 0.875 bits per heavy atom. The zero-order chi connectivity index (χ0) is 22.2.